The Morgan fingerprint density at radius 2 is 2.00 bits per heavy atom. The van der Waals surface area contributed by atoms with Crippen LogP contribution in [-0.4, -0.2) is 31.0 Å². The SMILES string of the molecule is COc1ccc(C(=O)O)cc1OCCCC(F)(F)F. The van der Waals surface area contributed by atoms with E-state index in [1.807, 2.05) is 0 Å². The molecule has 1 N–H and O–H groups in total. The first kappa shape index (κ1) is 15.1. The van der Waals surface area contributed by atoms with Gasteiger partial charge >= 0.3 is 12.1 Å². The molecule has 0 saturated carbocycles. The van der Waals surface area contributed by atoms with Gasteiger partial charge in [0.15, 0.2) is 11.5 Å². The lowest BCUT2D eigenvalue weighted by atomic mass is 10.2. The number of carbonyl (C=O) groups is 1. The highest BCUT2D eigenvalue weighted by Crippen LogP contribution is 2.29. The van der Waals surface area contributed by atoms with Crippen molar-refractivity contribution in [3.05, 3.63) is 23.8 Å². The number of rotatable bonds is 6. The Hall–Kier alpha value is -1.92. The van der Waals surface area contributed by atoms with Crippen molar-refractivity contribution in [2.45, 2.75) is 19.0 Å². The third kappa shape index (κ3) is 5.07. The molecular formula is C12H13F3O4. The summed E-state index contributed by atoms with van der Waals surface area (Å²) in [7, 11) is 1.36. The van der Waals surface area contributed by atoms with Gasteiger partial charge in [0, 0.05) is 6.42 Å². The number of aromatic carboxylic acids is 1. The molecule has 0 atom stereocenters. The Morgan fingerprint density at radius 1 is 1.32 bits per heavy atom. The molecular weight excluding hydrogens is 265 g/mol. The third-order valence-electron chi connectivity index (χ3n) is 2.27. The Labute approximate surface area is 107 Å². The summed E-state index contributed by atoms with van der Waals surface area (Å²) >= 11 is 0. The second kappa shape index (κ2) is 6.31. The van der Waals surface area contributed by atoms with Gasteiger partial charge in [-0.3, -0.25) is 0 Å². The van der Waals surface area contributed by atoms with Crippen molar-refractivity contribution in [2.24, 2.45) is 0 Å². The van der Waals surface area contributed by atoms with Crippen LogP contribution >= 0.6 is 0 Å². The first-order chi connectivity index (χ1) is 8.83. The van der Waals surface area contributed by atoms with Crippen LogP contribution in [0.5, 0.6) is 11.5 Å². The van der Waals surface area contributed by atoms with Crippen LogP contribution in [0.4, 0.5) is 13.2 Å². The molecule has 0 aromatic heterocycles. The third-order valence-corrected chi connectivity index (χ3v) is 2.27. The van der Waals surface area contributed by atoms with Crippen molar-refractivity contribution in [1.29, 1.82) is 0 Å². The van der Waals surface area contributed by atoms with E-state index in [9.17, 15) is 18.0 Å². The number of carboxylic acid groups (broad SMARTS) is 1. The summed E-state index contributed by atoms with van der Waals surface area (Å²) in [6.07, 6.45) is -5.38. The number of methoxy groups -OCH3 is 1. The molecule has 1 aromatic rings. The predicted octanol–water partition coefficient (Wildman–Crippen LogP) is 3.11. The first-order valence-electron chi connectivity index (χ1n) is 5.44. The average molecular weight is 278 g/mol. The summed E-state index contributed by atoms with van der Waals surface area (Å²) in [6, 6.07) is 3.93. The summed E-state index contributed by atoms with van der Waals surface area (Å²) in [5, 5.41) is 8.81. The number of hydrogen-bond donors (Lipinski definition) is 1. The van der Waals surface area contributed by atoms with Crippen LogP contribution in [-0.2, 0) is 0 Å². The van der Waals surface area contributed by atoms with Gasteiger partial charge in [-0.1, -0.05) is 0 Å². The molecule has 4 nitrogen and oxygen atoms in total. The van der Waals surface area contributed by atoms with Gasteiger partial charge in [-0.2, -0.15) is 13.2 Å². The summed E-state index contributed by atoms with van der Waals surface area (Å²) < 4.78 is 45.9. The Balaban J connectivity index is 2.65. The zero-order chi connectivity index (χ0) is 14.5. The van der Waals surface area contributed by atoms with Gasteiger partial charge in [-0.15, -0.1) is 0 Å². The van der Waals surface area contributed by atoms with Crippen LogP contribution in [0.1, 0.15) is 23.2 Å². The van der Waals surface area contributed by atoms with Crippen LogP contribution in [0, 0.1) is 0 Å². The smallest absolute Gasteiger partial charge is 0.389 e. The minimum Gasteiger partial charge on any atom is -0.493 e. The van der Waals surface area contributed by atoms with Crippen molar-refractivity contribution in [3.8, 4) is 11.5 Å². The Morgan fingerprint density at radius 3 is 2.53 bits per heavy atom. The molecule has 0 heterocycles. The molecule has 106 valence electrons. The van der Waals surface area contributed by atoms with Gasteiger partial charge in [-0.05, 0) is 24.6 Å². The van der Waals surface area contributed by atoms with Crippen LogP contribution in [0.2, 0.25) is 0 Å². The highest BCUT2D eigenvalue weighted by atomic mass is 19.4. The summed E-state index contributed by atoms with van der Waals surface area (Å²) in [5.74, 6) is -0.760. The fourth-order valence-electron chi connectivity index (χ4n) is 1.38. The number of hydrogen-bond acceptors (Lipinski definition) is 3. The quantitative estimate of drug-likeness (QED) is 0.812. The second-order valence-electron chi connectivity index (χ2n) is 3.74. The molecule has 1 rings (SSSR count). The normalized spacial score (nSPS) is 11.2. The molecule has 0 bridgehead atoms. The molecule has 19 heavy (non-hydrogen) atoms. The Kier molecular flexibility index (Phi) is 5.02. The van der Waals surface area contributed by atoms with E-state index in [2.05, 4.69) is 0 Å². The molecule has 7 heteroatoms. The van der Waals surface area contributed by atoms with E-state index in [-0.39, 0.29) is 30.1 Å². The highest BCUT2D eigenvalue weighted by molar-refractivity contribution is 5.88. The topological polar surface area (TPSA) is 55.8 Å². The van der Waals surface area contributed by atoms with Crippen molar-refractivity contribution < 1.29 is 32.5 Å². The molecule has 0 unspecified atom stereocenters. The molecule has 0 aliphatic carbocycles. The van der Waals surface area contributed by atoms with Crippen LogP contribution in [0.15, 0.2) is 18.2 Å². The number of ether oxygens (including phenoxy) is 2. The monoisotopic (exact) mass is 278 g/mol. The molecule has 0 fully saturated rings. The van der Waals surface area contributed by atoms with Crippen LogP contribution in [0.25, 0.3) is 0 Å². The molecule has 0 saturated heterocycles. The fourth-order valence-corrected chi connectivity index (χ4v) is 1.38. The van der Waals surface area contributed by atoms with Crippen molar-refractivity contribution in [1.82, 2.24) is 0 Å². The maximum atomic E-state index is 11.9. The Bertz CT molecular complexity index is 443. The van der Waals surface area contributed by atoms with Crippen molar-refractivity contribution in [3.63, 3.8) is 0 Å². The number of alkyl halides is 3. The lowest BCUT2D eigenvalue weighted by Crippen LogP contribution is -2.10. The van der Waals surface area contributed by atoms with E-state index in [0.717, 1.165) is 0 Å². The van der Waals surface area contributed by atoms with Gasteiger partial charge in [0.25, 0.3) is 0 Å². The van der Waals surface area contributed by atoms with E-state index in [1.165, 1.54) is 25.3 Å². The van der Waals surface area contributed by atoms with Crippen molar-refractivity contribution in [2.75, 3.05) is 13.7 Å². The maximum Gasteiger partial charge on any atom is 0.389 e. The predicted molar refractivity (Wildman–Crippen MR) is 60.7 cm³/mol. The minimum atomic E-state index is -4.23. The number of benzene rings is 1. The number of halogens is 3. The lowest BCUT2D eigenvalue weighted by molar-refractivity contribution is -0.136. The lowest BCUT2D eigenvalue weighted by Gasteiger charge is -2.12. The largest absolute Gasteiger partial charge is 0.493 e. The summed E-state index contributed by atoms with van der Waals surface area (Å²) in [4.78, 5) is 10.8. The zero-order valence-electron chi connectivity index (χ0n) is 10.2. The van der Waals surface area contributed by atoms with Gasteiger partial charge in [0.1, 0.15) is 0 Å². The molecule has 0 spiro atoms. The van der Waals surface area contributed by atoms with Gasteiger partial charge in [0.05, 0.1) is 19.3 Å². The van der Waals surface area contributed by atoms with E-state index in [4.69, 9.17) is 14.6 Å². The van der Waals surface area contributed by atoms with E-state index in [0.29, 0.717) is 0 Å². The van der Waals surface area contributed by atoms with E-state index >= 15 is 0 Å². The van der Waals surface area contributed by atoms with Gasteiger partial charge < -0.3 is 14.6 Å². The summed E-state index contributed by atoms with van der Waals surface area (Å²) in [5.41, 5.74) is -0.0216. The first-order valence-corrected chi connectivity index (χ1v) is 5.44. The standard InChI is InChI=1S/C12H13F3O4/c1-18-9-4-3-8(11(16)17)7-10(9)19-6-2-5-12(13,14)15/h3-4,7H,2,5-6H2,1H3,(H,16,17). The van der Waals surface area contributed by atoms with E-state index in [1.54, 1.807) is 0 Å². The average Bonchev–Trinajstić information content (AvgIpc) is 2.33. The van der Waals surface area contributed by atoms with Gasteiger partial charge in [0.2, 0.25) is 0 Å². The highest BCUT2D eigenvalue weighted by Gasteiger charge is 2.26. The number of carboxylic acids is 1. The van der Waals surface area contributed by atoms with Crippen LogP contribution in [0.3, 0.4) is 0 Å². The van der Waals surface area contributed by atoms with E-state index < -0.39 is 18.6 Å². The zero-order valence-corrected chi connectivity index (χ0v) is 10.2. The molecule has 1 aromatic carbocycles. The maximum absolute atomic E-state index is 11.9. The van der Waals surface area contributed by atoms with Crippen molar-refractivity contribution >= 4 is 5.97 Å². The molecule has 0 amide bonds. The fraction of sp³-hybridized carbons (Fsp3) is 0.417. The van der Waals surface area contributed by atoms with Gasteiger partial charge in [-0.25, -0.2) is 4.79 Å². The second-order valence-corrected chi connectivity index (χ2v) is 3.74. The molecule has 0 aliphatic rings. The summed E-state index contributed by atoms with van der Waals surface area (Å²) in [6.45, 7) is -0.168. The van der Waals surface area contributed by atoms with Crippen LogP contribution < -0.4 is 9.47 Å². The molecule has 0 radical (unpaired) electrons. The molecule has 0 aliphatic heterocycles. The minimum absolute atomic E-state index is 0.0216.